The molecule has 21 heavy (non-hydrogen) atoms. The van der Waals surface area contributed by atoms with Crippen LogP contribution in [0, 0.1) is 0 Å². The van der Waals surface area contributed by atoms with Gasteiger partial charge in [-0.3, -0.25) is 9.59 Å². The molecule has 0 unspecified atom stereocenters. The molecule has 0 saturated heterocycles. The SMILES string of the molecule is COC1=CC(=O)c2nc(-c3ccccc3)c(Cl)nc2C1=O. The van der Waals surface area contributed by atoms with E-state index in [1.54, 1.807) is 12.1 Å². The van der Waals surface area contributed by atoms with Crippen molar-refractivity contribution in [3.63, 3.8) is 0 Å². The molecule has 1 aliphatic carbocycles. The quantitative estimate of drug-likeness (QED) is 0.853. The molecule has 0 aliphatic heterocycles. The predicted octanol–water partition coefficient (Wildman–Crippen LogP) is 2.71. The Morgan fingerprint density at radius 3 is 2.38 bits per heavy atom. The van der Waals surface area contributed by atoms with E-state index in [-0.39, 0.29) is 22.3 Å². The van der Waals surface area contributed by atoms with E-state index >= 15 is 0 Å². The lowest BCUT2D eigenvalue weighted by molar-refractivity contribution is 0.0909. The second kappa shape index (κ2) is 5.10. The molecular formula is C15H9ClN2O3. The van der Waals surface area contributed by atoms with Crippen molar-refractivity contribution < 1.29 is 14.3 Å². The Bertz CT molecular complexity index is 785. The molecule has 1 aliphatic rings. The van der Waals surface area contributed by atoms with Crippen LogP contribution in [0.5, 0.6) is 0 Å². The van der Waals surface area contributed by atoms with Gasteiger partial charge in [-0.2, -0.15) is 0 Å². The molecule has 0 radical (unpaired) electrons. The van der Waals surface area contributed by atoms with Crippen molar-refractivity contribution in [1.82, 2.24) is 9.97 Å². The van der Waals surface area contributed by atoms with E-state index in [0.717, 1.165) is 11.6 Å². The summed E-state index contributed by atoms with van der Waals surface area (Å²) in [6.45, 7) is 0. The lowest BCUT2D eigenvalue weighted by Crippen LogP contribution is -2.21. The van der Waals surface area contributed by atoms with Gasteiger partial charge < -0.3 is 4.74 Å². The van der Waals surface area contributed by atoms with Gasteiger partial charge in [-0.05, 0) is 0 Å². The van der Waals surface area contributed by atoms with Gasteiger partial charge in [-0.1, -0.05) is 41.9 Å². The van der Waals surface area contributed by atoms with Crippen molar-refractivity contribution in [2.75, 3.05) is 7.11 Å². The zero-order valence-electron chi connectivity index (χ0n) is 11.0. The third-order valence-corrected chi connectivity index (χ3v) is 3.32. The van der Waals surface area contributed by atoms with Gasteiger partial charge in [0.05, 0.1) is 7.11 Å². The topological polar surface area (TPSA) is 69.2 Å². The van der Waals surface area contributed by atoms with Gasteiger partial charge >= 0.3 is 0 Å². The zero-order chi connectivity index (χ0) is 15.0. The highest BCUT2D eigenvalue weighted by Gasteiger charge is 2.30. The number of rotatable bonds is 2. The Balaban J connectivity index is 2.19. The van der Waals surface area contributed by atoms with Crippen LogP contribution in [-0.2, 0) is 4.74 Å². The summed E-state index contributed by atoms with van der Waals surface area (Å²) in [6.07, 6.45) is 1.11. The average Bonchev–Trinajstić information content (AvgIpc) is 2.51. The van der Waals surface area contributed by atoms with Crippen molar-refractivity contribution >= 4 is 23.2 Å². The number of allylic oxidation sites excluding steroid dienone is 2. The Kier molecular flexibility index (Phi) is 3.27. The number of carbonyl (C=O) groups excluding carboxylic acids is 2. The van der Waals surface area contributed by atoms with Crippen LogP contribution in [0.25, 0.3) is 11.3 Å². The number of benzene rings is 1. The summed E-state index contributed by atoms with van der Waals surface area (Å²) in [5, 5.41) is 0.0680. The predicted molar refractivity (Wildman–Crippen MR) is 76.2 cm³/mol. The summed E-state index contributed by atoms with van der Waals surface area (Å²) in [7, 11) is 1.31. The highest BCUT2D eigenvalue weighted by Crippen LogP contribution is 2.28. The third kappa shape index (κ3) is 2.21. The van der Waals surface area contributed by atoms with E-state index in [1.807, 2.05) is 18.2 Å². The minimum absolute atomic E-state index is 0.0101. The van der Waals surface area contributed by atoms with Crippen molar-refractivity contribution in [2.45, 2.75) is 0 Å². The summed E-state index contributed by atoms with van der Waals surface area (Å²) in [6, 6.07) is 9.10. The number of Topliss-reactive ketones (excluding diaryl/α,β-unsaturated/α-hetero) is 1. The second-order valence-corrected chi connectivity index (χ2v) is 4.69. The van der Waals surface area contributed by atoms with Gasteiger partial charge in [0.15, 0.2) is 10.9 Å². The van der Waals surface area contributed by atoms with Gasteiger partial charge in [0.25, 0.3) is 0 Å². The summed E-state index contributed by atoms with van der Waals surface area (Å²) >= 11 is 6.10. The van der Waals surface area contributed by atoms with E-state index < -0.39 is 11.6 Å². The van der Waals surface area contributed by atoms with Crippen LogP contribution in [0.2, 0.25) is 5.15 Å². The molecule has 0 spiro atoms. The first-order valence-electron chi connectivity index (χ1n) is 6.09. The van der Waals surface area contributed by atoms with Crippen LogP contribution < -0.4 is 0 Å². The van der Waals surface area contributed by atoms with E-state index in [1.165, 1.54) is 7.11 Å². The molecule has 2 aromatic rings. The average molecular weight is 301 g/mol. The minimum atomic E-state index is -0.499. The molecule has 0 saturated carbocycles. The summed E-state index contributed by atoms with van der Waals surface area (Å²) < 4.78 is 4.87. The molecular weight excluding hydrogens is 292 g/mol. The van der Waals surface area contributed by atoms with Gasteiger partial charge in [0.2, 0.25) is 11.6 Å². The molecule has 0 amide bonds. The monoisotopic (exact) mass is 300 g/mol. The molecule has 3 rings (SSSR count). The number of ketones is 2. The van der Waals surface area contributed by atoms with Crippen molar-refractivity contribution in [3.8, 4) is 11.3 Å². The van der Waals surface area contributed by atoms with Crippen molar-refractivity contribution in [3.05, 3.63) is 58.7 Å². The number of fused-ring (bicyclic) bond motifs is 1. The Morgan fingerprint density at radius 2 is 1.71 bits per heavy atom. The van der Waals surface area contributed by atoms with Crippen molar-refractivity contribution in [1.29, 1.82) is 0 Å². The fraction of sp³-hybridized carbons (Fsp3) is 0.0667. The van der Waals surface area contributed by atoms with Gasteiger partial charge in [-0.25, -0.2) is 9.97 Å². The largest absolute Gasteiger partial charge is 0.492 e. The standard InChI is InChI=1S/C15H9ClN2O3/c1-21-10-7-9(19)12-13(14(10)20)18-15(16)11(17-12)8-5-3-2-4-6-8/h2-7H,1H3. The van der Waals surface area contributed by atoms with E-state index in [0.29, 0.717) is 5.69 Å². The lowest BCUT2D eigenvalue weighted by atomic mass is 10.0. The van der Waals surface area contributed by atoms with Crippen molar-refractivity contribution in [2.24, 2.45) is 0 Å². The summed E-state index contributed by atoms with van der Waals surface area (Å²) in [5.74, 6) is -0.991. The molecule has 104 valence electrons. The maximum absolute atomic E-state index is 12.1. The fourth-order valence-electron chi connectivity index (χ4n) is 2.05. The first kappa shape index (κ1) is 13.5. The van der Waals surface area contributed by atoms with Gasteiger partial charge in [0, 0.05) is 11.6 Å². The molecule has 1 aromatic carbocycles. The molecule has 6 heteroatoms. The molecule has 1 aromatic heterocycles. The highest BCUT2D eigenvalue weighted by atomic mass is 35.5. The molecule has 1 heterocycles. The Morgan fingerprint density at radius 1 is 1.00 bits per heavy atom. The molecule has 0 atom stereocenters. The number of hydrogen-bond donors (Lipinski definition) is 0. The number of aromatic nitrogens is 2. The number of hydrogen-bond acceptors (Lipinski definition) is 5. The maximum atomic E-state index is 12.1. The fourth-order valence-corrected chi connectivity index (χ4v) is 2.28. The number of nitrogens with zero attached hydrogens (tertiary/aromatic N) is 2. The van der Waals surface area contributed by atoms with Crippen LogP contribution in [0.3, 0.4) is 0 Å². The van der Waals surface area contributed by atoms with E-state index in [2.05, 4.69) is 9.97 Å². The maximum Gasteiger partial charge on any atom is 0.248 e. The number of methoxy groups -OCH3 is 1. The molecule has 0 bridgehead atoms. The van der Waals surface area contributed by atoms with Crippen LogP contribution >= 0.6 is 11.6 Å². The summed E-state index contributed by atoms with van der Waals surface area (Å²) in [4.78, 5) is 32.4. The second-order valence-electron chi connectivity index (χ2n) is 4.33. The Hall–Kier alpha value is -2.53. The van der Waals surface area contributed by atoms with Crippen LogP contribution in [0.4, 0.5) is 0 Å². The molecule has 0 fully saturated rings. The number of carbonyl (C=O) groups is 2. The van der Waals surface area contributed by atoms with Crippen LogP contribution in [0.1, 0.15) is 21.0 Å². The smallest absolute Gasteiger partial charge is 0.248 e. The highest BCUT2D eigenvalue weighted by molar-refractivity contribution is 6.32. The summed E-state index contributed by atoms with van der Waals surface area (Å²) in [5.41, 5.74) is 0.999. The van der Waals surface area contributed by atoms with E-state index in [9.17, 15) is 9.59 Å². The van der Waals surface area contributed by atoms with Gasteiger partial charge in [0.1, 0.15) is 17.1 Å². The normalized spacial score (nSPS) is 13.7. The lowest BCUT2D eigenvalue weighted by Gasteiger charge is -2.14. The first-order valence-corrected chi connectivity index (χ1v) is 6.47. The number of ether oxygens (including phenoxy) is 1. The molecule has 5 nitrogen and oxygen atoms in total. The Labute approximate surface area is 125 Å². The van der Waals surface area contributed by atoms with E-state index in [4.69, 9.17) is 16.3 Å². The van der Waals surface area contributed by atoms with Gasteiger partial charge in [-0.15, -0.1) is 0 Å². The van der Waals surface area contributed by atoms with Crippen LogP contribution in [0.15, 0.2) is 42.2 Å². The van der Waals surface area contributed by atoms with Crippen LogP contribution in [-0.4, -0.2) is 28.6 Å². The first-order chi connectivity index (χ1) is 10.1. The molecule has 0 N–H and O–H groups in total. The zero-order valence-corrected chi connectivity index (χ0v) is 11.7. The third-order valence-electron chi connectivity index (χ3n) is 3.05. The number of halogens is 1. The minimum Gasteiger partial charge on any atom is -0.492 e.